The van der Waals surface area contributed by atoms with Crippen LogP contribution in [0.15, 0.2) is 29.0 Å². The summed E-state index contributed by atoms with van der Waals surface area (Å²) in [6.45, 7) is 13.8. The van der Waals surface area contributed by atoms with Gasteiger partial charge in [0.1, 0.15) is 0 Å². The summed E-state index contributed by atoms with van der Waals surface area (Å²) in [4.78, 5) is 0. The van der Waals surface area contributed by atoms with Gasteiger partial charge in [-0.3, -0.25) is 6.08 Å². The van der Waals surface area contributed by atoms with Crippen LogP contribution >= 0.6 is 0 Å². The van der Waals surface area contributed by atoms with Gasteiger partial charge in [0.25, 0.3) is 0 Å². The first-order valence-electron chi connectivity index (χ1n) is 7.16. The molecule has 1 aliphatic rings. The van der Waals surface area contributed by atoms with Crippen LogP contribution in [0.3, 0.4) is 0 Å². The number of hydrogen-bond donors (Lipinski definition) is 0. The van der Waals surface area contributed by atoms with E-state index in [1.165, 1.54) is 33.0 Å². The smallest absolute Gasteiger partial charge is 1.00 e. The third-order valence-electron chi connectivity index (χ3n) is 4.00. The maximum absolute atomic E-state index is 3.69. The Hall–Kier alpha value is 0.501. The first-order chi connectivity index (χ1) is 8.77. The summed E-state index contributed by atoms with van der Waals surface area (Å²) >= 11 is 0. The number of rotatable bonds is 3. The van der Waals surface area contributed by atoms with Gasteiger partial charge in [0, 0.05) is 8.07 Å². The number of hydrogen-bond acceptors (Lipinski definition) is 0. The molecule has 0 saturated carbocycles. The van der Waals surface area contributed by atoms with Crippen molar-refractivity contribution in [2.24, 2.45) is 0 Å². The number of allylic oxidation sites excluding steroid dienone is 4. The van der Waals surface area contributed by atoms with Gasteiger partial charge in [0.05, 0.1) is 0 Å². The molecule has 0 heterocycles. The fraction of sp³-hybridized carbons (Fsp3) is 0.444. The van der Waals surface area contributed by atoms with E-state index in [0.29, 0.717) is 0 Å². The Labute approximate surface area is 176 Å². The molecule has 0 spiro atoms. The van der Waals surface area contributed by atoms with Crippen LogP contribution in [-0.2, 0) is 28.1 Å². The van der Waals surface area contributed by atoms with Crippen molar-refractivity contribution in [1.29, 1.82) is 0 Å². The van der Waals surface area contributed by atoms with E-state index in [0.717, 1.165) is 12.8 Å². The van der Waals surface area contributed by atoms with Crippen molar-refractivity contribution in [1.82, 2.24) is 0 Å². The molecule has 0 fully saturated rings. The van der Waals surface area contributed by atoms with Gasteiger partial charge in [-0.25, -0.2) is 11.3 Å². The van der Waals surface area contributed by atoms with Gasteiger partial charge in [0.2, 0.25) is 0 Å². The fourth-order valence-corrected chi connectivity index (χ4v) is 3.94. The molecule has 1 aliphatic carbocycles. The Morgan fingerprint density at radius 2 is 1.57 bits per heavy atom. The summed E-state index contributed by atoms with van der Waals surface area (Å²) in [6.07, 6.45) is 8.26. The zero-order valence-corrected chi connectivity index (χ0v) is 19.6. The summed E-state index contributed by atoms with van der Waals surface area (Å²) in [5, 5.41) is 1.50. The van der Waals surface area contributed by atoms with Crippen molar-refractivity contribution in [3.63, 3.8) is 0 Å². The minimum atomic E-state index is -1.19. The number of benzene rings is 1. The summed E-state index contributed by atoms with van der Waals surface area (Å²) in [7, 11) is -1.19. The minimum Gasteiger partial charge on any atom is -1.00 e. The van der Waals surface area contributed by atoms with Crippen molar-refractivity contribution in [2.75, 3.05) is 0 Å². The van der Waals surface area contributed by atoms with Crippen LogP contribution < -0.4 is 37.2 Å². The third-order valence-corrected chi connectivity index (χ3v) is 5.94. The molecule has 23 heavy (non-hydrogen) atoms. The molecule has 0 N–H and O–H groups in total. The quantitative estimate of drug-likeness (QED) is 0.345. The van der Waals surface area contributed by atoms with Crippen LogP contribution in [-0.4, -0.2) is 8.07 Å². The monoisotopic (exact) mass is 422 g/mol. The number of halogens is 3. The molecule has 0 amide bonds. The summed E-state index contributed by atoms with van der Waals surface area (Å²) < 4.78 is 0. The number of aryl methyl sites for hydroxylation is 2. The maximum Gasteiger partial charge on any atom is 4.00 e. The second-order valence-electron chi connectivity index (χ2n) is 6.84. The van der Waals surface area contributed by atoms with Gasteiger partial charge in [0.15, 0.2) is 0 Å². The topological polar surface area (TPSA) is 0 Å². The van der Waals surface area contributed by atoms with E-state index in [-0.39, 0.29) is 58.9 Å². The zero-order chi connectivity index (χ0) is 14.2. The van der Waals surface area contributed by atoms with Crippen molar-refractivity contribution in [3.8, 4) is 0 Å². The summed E-state index contributed by atoms with van der Waals surface area (Å²) in [5.41, 5.74) is 7.17. The van der Waals surface area contributed by atoms with Crippen LogP contribution in [0.25, 0.3) is 0 Å². The van der Waals surface area contributed by atoms with E-state index in [2.05, 4.69) is 64.7 Å². The fourth-order valence-electron chi connectivity index (χ4n) is 2.67. The van der Waals surface area contributed by atoms with Crippen molar-refractivity contribution < 1.29 is 58.9 Å². The molecule has 0 atom stereocenters. The molecule has 0 nitrogen and oxygen atoms in total. The standard InChI is InChI=1S/C18H25Si.3ClH.Ti/c1-13-9-14(2)15(3)17(10-13)11-16-7-8-18(12-16)19(4,5)6;;;;/h8-10H,7,11H2,1-6H3;3*1H;/q-1;;;;+4/p-3. The molecule has 0 bridgehead atoms. The molecular weight excluding hydrogens is 399 g/mol. The largest absolute Gasteiger partial charge is 4.00 e. The van der Waals surface area contributed by atoms with E-state index in [9.17, 15) is 0 Å². The van der Waals surface area contributed by atoms with Crippen LogP contribution in [0, 0.1) is 26.8 Å². The molecule has 1 aromatic carbocycles. The average Bonchev–Trinajstić information content (AvgIpc) is 2.73. The van der Waals surface area contributed by atoms with Crippen molar-refractivity contribution in [3.05, 3.63) is 57.3 Å². The van der Waals surface area contributed by atoms with Gasteiger partial charge in [-0.2, -0.15) is 5.57 Å². The molecule has 0 unspecified atom stereocenters. The molecule has 0 aliphatic heterocycles. The SMILES string of the molecule is Cc1cc(C)c(C)c(CC2=[C-]C([Si](C)(C)C)=CC2)c1.[Cl-].[Cl-].[Cl-].[Ti+4]. The minimum absolute atomic E-state index is 0. The molecule has 1 aromatic rings. The normalized spacial score (nSPS) is 12.8. The molecule has 0 radical (unpaired) electrons. The first kappa shape index (κ1) is 28.3. The van der Waals surface area contributed by atoms with E-state index in [1.54, 1.807) is 0 Å². The van der Waals surface area contributed by atoms with Crippen molar-refractivity contribution in [2.45, 2.75) is 53.3 Å². The van der Waals surface area contributed by atoms with Crippen LogP contribution in [0.4, 0.5) is 0 Å². The molecule has 0 saturated heterocycles. The predicted molar refractivity (Wildman–Crippen MR) is 87.2 cm³/mol. The van der Waals surface area contributed by atoms with Crippen LogP contribution in [0.2, 0.25) is 19.6 Å². The van der Waals surface area contributed by atoms with Gasteiger partial charge >= 0.3 is 21.7 Å². The summed E-state index contributed by atoms with van der Waals surface area (Å²) in [6, 6.07) is 4.61. The second-order valence-corrected chi connectivity index (χ2v) is 11.9. The average molecular weight is 424 g/mol. The second kappa shape index (κ2) is 11.2. The molecule has 2 rings (SSSR count). The first-order valence-corrected chi connectivity index (χ1v) is 10.7. The van der Waals surface area contributed by atoms with E-state index in [4.69, 9.17) is 0 Å². The van der Waals surface area contributed by atoms with Crippen LogP contribution in [0.5, 0.6) is 0 Å². The van der Waals surface area contributed by atoms with Gasteiger partial charge in [-0.05, 0) is 43.9 Å². The van der Waals surface area contributed by atoms with E-state index >= 15 is 0 Å². The van der Waals surface area contributed by atoms with Gasteiger partial charge in [-0.15, -0.1) is 0 Å². The Kier molecular flexibility index (Phi) is 13.8. The maximum atomic E-state index is 3.69. The molecule has 0 aromatic heterocycles. The Balaban J connectivity index is -0.000001000. The summed E-state index contributed by atoms with van der Waals surface area (Å²) in [5.74, 6) is 0. The van der Waals surface area contributed by atoms with E-state index in [1.807, 2.05) is 0 Å². The Bertz CT molecular complexity index is 572. The third kappa shape index (κ3) is 7.50. The Morgan fingerprint density at radius 3 is 2.04 bits per heavy atom. The molecular formula is C18H25Cl3SiTi. The van der Waals surface area contributed by atoms with E-state index < -0.39 is 8.07 Å². The van der Waals surface area contributed by atoms with Gasteiger partial charge < -0.3 is 37.2 Å². The van der Waals surface area contributed by atoms with Crippen LogP contribution in [0.1, 0.15) is 28.7 Å². The Morgan fingerprint density at radius 1 is 1.00 bits per heavy atom. The molecule has 5 heteroatoms. The predicted octanol–water partition coefficient (Wildman–Crippen LogP) is -3.90. The zero-order valence-electron chi connectivity index (χ0n) is 14.8. The molecule has 126 valence electrons. The van der Waals surface area contributed by atoms with Gasteiger partial charge in [-0.1, -0.05) is 43.8 Å². The van der Waals surface area contributed by atoms with Crippen molar-refractivity contribution >= 4 is 8.07 Å².